The maximum absolute atomic E-state index is 12.9. The van der Waals surface area contributed by atoms with Crippen LogP contribution < -0.4 is 5.32 Å². The van der Waals surface area contributed by atoms with Crippen molar-refractivity contribution in [2.45, 2.75) is 96.7 Å². The number of carboxylic acids is 1. The second-order valence-corrected chi connectivity index (χ2v) is 16.7. The number of carbonyl (C=O) groups excluding carboxylic acids is 1. The number of alkyl carbamates (subject to hydrolysis) is 1. The van der Waals surface area contributed by atoms with Crippen LogP contribution in [0.2, 0.25) is 18.1 Å². The van der Waals surface area contributed by atoms with Crippen molar-refractivity contribution in [3.05, 3.63) is 60.1 Å². The maximum atomic E-state index is 12.9. The minimum atomic E-state index is -2.33. The summed E-state index contributed by atoms with van der Waals surface area (Å²) in [5.74, 6) is -1.62. The Morgan fingerprint density at radius 3 is 2.14 bits per heavy atom. The zero-order chi connectivity index (χ0) is 27.1. The fraction of sp³-hybridized carbons (Fsp3) is 0.571. The average molecular weight is 518 g/mol. The first-order valence-corrected chi connectivity index (χ1v) is 15.4. The molecule has 0 aliphatic heterocycles. The van der Waals surface area contributed by atoms with Crippen molar-refractivity contribution in [2.75, 3.05) is 0 Å². The van der Waals surface area contributed by atoms with Crippen LogP contribution in [0.5, 0.6) is 0 Å². The summed E-state index contributed by atoms with van der Waals surface area (Å²) in [7, 11) is -2.33. The van der Waals surface area contributed by atoms with Gasteiger partial charge in [-0.1, -0.05) is 51.1 Å². The van der Waals surface area contributed by atoms with E-state index in [-0.39, 0.29) is 11.5 Å². The highest BCUT2D eigenvalue weighted by Crippen LogP contribution is 2.39. The molecule has 0 fully saturated rings. The first-order chi connectivity index (χ1) is 16.6. The molecule has 1 aromatic carbocycles. The molecule has 8 heteroatoms. The zero-order valence-corrected chi connectivity index (χ0v) is 24.0. The van der Waals surface area contributed by atoms with Crippen LogP contribution in [0.1, 0.15) is 59.1 Å². The van der Waals surface area contributed by atoms with E-state index in [9.17, 15) is 14.7 Å². The van der Waals surface area contributed by atoms with Gasteiger partial charge in [0, 0.05) is 0 Å². The first kappa shape index (κ1) is 29.6. The molecular weight excluding hydrogens is 474 g/mol. The Labute approximate surface area is 216 Å². The monoisotopic (exact) mass is 517 g/mol. The SMILES string of the molecule is CC(C)(C)OC(=O)N[C@@H](Cc1ccccc1)[C@H](C[C@H](Cc1ccoc1)C(=O)O)O[Si](C)(C)C(C)(C)C. The third-order valence-corrected chi connectivity index (χ3v) is 11.1. The fourth-order valence-electron chi connectivity index (χ4n) is 3.70. The summed E-state index contributed by atoms with van der Waals surface area (Å²) < 4.78 is 17.6. The summed E-state index contributed by atoms with van der Waals surface area (Å²) in [6.07, 6.45) is 3.06. The second-order valence-electron chi connectivity index (χ2n) is 12.0. The molecule has 0 aliphatic carbocycles. The lowest BCUT2D eigenvalue weighted by Crippen LogP contribution is -2.54. The standard InChI is InChI=1S/C28H43NO6Si/c1-27(2,3)34-26(32)29-23(17-20-12-10-9-11-13-20)24(35-36(7,8)28(4,5)6)18-22(25(30)31)16-21-14-15-33-19-21/h9-15,19,22-24H,16-18H2,1-8H3,(H,29,32)(H,30,31)/t22-,23-,24-/m0/s1. The van der Waals surface area contributed by atoms with E-state index in [0.717, 1.165) is 11.1 Å². The Bertz CT molecular complexity index is 960. The highest BCUT2D eigenvalue weighted by Gasteiger charge is 2.42. The van der Waals surface area contributed by atoms with Gasteiger partial charge in [-0.15, -0.1) is 0 Å². The smallest absolute Gasteiger partial charge is 0.407 e. The molecular formula is C28H43NO6Si. The molecule has 2 N–H and O–H groups in total. The van der Waals surface area contributed by atoms with Crippen LogP contribution in [-0.4, -0.2) is 43.2 Å². The average Bonchev–Trinajstić information content (AvgIpc) is 3.23. The van der Waals surface area contributed by atoms with Crippen molar-refractivity contribution in [1.29, 1.82) is 0 Å². The Hall–Kier alpha value is -2.58. The van der Waals surface area contributed by atoms with E-state index >= 15 is 0 Å². The number of amides is 1. The maximum Gasteiger partial charge on any atom is 0.407 e. The van der Waals surface area contributed by atoms with Crippen molar-refractivity contribution in [2.24, 2.45) is 5.92 Å². The zero-order valence-electron chi connectivity index (χ0n) is 23.0. The lowest BCUT2D eigenvalue weighted by Gasteiger charge is -2.42. The highest BCUT2D eigenvalue weighted by atomic mass is 28.4. The molecule has 36 heavy (non-hydrogen) atoms. The van der Waals surface area contributed by atoms with E-state index < -0.39 is 44.0 Å². The topological polar surface area (TPSA) is 98.0 Å². The molecule has 2 aromatic rings. The molecule has 0 aliphatic rings. The summed E-state index contributed by atoms with van der Waals surface area (Å²) in [6, 6.07) is 11.1. The van der Waals surface area contributed by atoms with Gasteiger partial charge in [-0.2, -0.15) is 0 Å². The van der Waals surface area contributed by atoms with Gasteiger partial charge in [0.15, 0.2) is 8.32 Å². The summed E-state index contributed by atoms with van der Waals surface area (Å²) in [5.41, 5.74) is 1.17. The number of carbonyl (C=O) groups is 2. The van der Waals surface area contributed by atoms with Gasteiger partial charge >= 0.3 is 12.1 Å². The van der Waals surface area contributed by atoms with Crippen molar-refractivity contribution in [3.8, 4) is 0 Å². The molecule has 0 bridgehead atoms. The Balaban J connectivity index is 2.44. The number of nitrogens with one attached hydrogen (secondary N) is 1. The molecule has 3 atom stereocenters. The molecule has 0 unspecified atom stereocenters. The number of hydrogen-bond donors (Lipinski definition) is 2. The molecule has 200 valence electrons. The van der Waals surface area contributed by atoms with Crippen LogP contribution in [0.4, 0.5) is 4.79 Å². The van der Waals surface area contributed by atoms with Crippen molar-refractivity contribution in [3.63, 3.8) is 0 Å². The number of furan rings is 1. The number of carboxylic acid groups (broad SMARTS) is 1. The van der Waals surface area contributed by atoms with Gasteiger partial charge < -0.3 is 24.0 Å². The van der Waals surface area contributed by atoms with Gasteiger partial charge in [0.1, 0.15) is 5.60 Å². The van der Waals surface area contributed by atoms with Crippen molar-refractivity contribution >= 4 is 20.4 Å². The van der Waals surface area contributed by atoms with Gasteiger partial charge in [-0.05, 0) is 75.4 Å². The third kappa shape index (κ3) is 9.46. The van der Waals surface area contributed by atoms with Gasteiger partial charge in [0.05, 0.1) is 30.6 Å². The Morgan fingerprint density at radius 1 is 1.00 bits per heavy atom. The first-order valence-electron chi connectivity index (χ1n) is 12.5. The Morgan fingerprint density at radius 2 is 1.64 bits per heavy atom. The van der Waals surface area contributed by atoms with E-state index in [4.69, 9.17) is 13.6 Å². The molecule has 7 nitrogen and oxygen atoms in total. The minimum Gasteiger partial charge on any atom is -0.481 e. The van der Waals surface area contributed by atoms with E-state index in [1.807, 2.05) is 51.1 Å². The van der Waals surface area contributed by atoms with Gasteiger partial charge in [0.25, 0.3) is 0 Å². The van der Waals surface area contributed by atoms with Gasteiger partial charge in [0.2, 0.25) is 0 Å². The summed E-state index contributed by atoms with van der Waals surface area (Å²) in [4.78, 5) is 25.2. The van der Waals surface area contributed by atoms with Crippen LogP contribution >= 0.6 is 0 Å². The fourth-order valence-corrected chi connectivity index (χ4v) is 5.07. The molecule has 1 heterocycles. The normalized spacial score (nSPS) is 15.1. The van der Waals surface area contributed by atoms with Crippen LogP contribution in [0.3, 0.4) is 0 Å². The van der Waals surface area contributed by atoms with Crippen LogP contribution in [0.15, 0.2) is 53.3 Å². The Kier molecular flexibility index (Phi) is 9.97. The molecule has 0 saturated carbocycles. The van der Waals surface area contributed by atoms with E-state index in [1.165, 1.54) is 0 Å². The summed E-state index contributed by atoms with van der Waals surface area (Å²) in [5, 5.41) is 13.0. The number of ether oxygens (including phenoxy) is 1. The molecule has 1 amide bonds. The summed E-state index contributed by atoms with van der Waals surface area (Å²) in [6.45, 7) is 16.1. The van der Waals surface area contributed by atoms with Crippen LogP contribution in [0, 0.1) is 5.92 Å². The second kappa shape index (κ2) is 12.1. The van der Waals surface area contributed by atoms with Crippen LogP contribution in [-0.2, 0) is 26.8 Å². The highest BCUT2D eigenvalue weighted by molar-refractivity contribution is 6.74. The largest absolute Gasteiger partial charge is 0.481 e. The van der Waals surface area contributed by atoms with Gasteiger partial charge in [-0.25, -0.2) is 4.79 Å². The van der Waals surface area contributed by atoms with Crippen molar-refractivity contribution in [1.82, 2.24) is 5.32 Å². The predicted octanol–water partition coefficient (Wildman–Crippen LogP) is 6.44. The number of aliphatic carboxylic acids is 1. The lowest BCUT2D eigenvalue weighted by atomic mass is 9.90. The summed E-state index contributed by atoms with van der Waals surface area (Å²) >= 11 is 0. The number of rotatable bonds is 11. The van der Waals surface area contributed by atoms with E-state index in [2.05, 4.69) is 39.2 Å². The molecule has 2 rings (SSSR count). The van der Waals surface area contributed by atoms with Gasteiger partial charge in [-0.3, -0.25) is 4.79 Å². The molecule has 0 radical (unpaired) electrons. The molecule has 0 spiro atoms. The van der Waals surface area contributed by atoms with E-state index in [1.54, 1.807) is 18.6 Å². The van der Waals surface area contributed by atoms with E-state index in [0.29, 0.717) is 12.8 Å². The lowest BCUT2D eigenvalue weighted by molar-refractivity contribution is -0.142. The molecule has 1 aromatic heterocycles. The predicted molar refractivity (Wildman–Crippen MR) is 144 cm³/mol. The number of benzene rings is 1. The van der Waals surface area contributed by atoms with Crippen molar-refractivity contribution < 1.29 is 28.3 Å². The molecule has 0 saturated heterocycles. The quantitative estimate of drug-likeness (QED) is 0.333. The third-order valence-electron chi connectivity index (χ3n) is 6.63. The number of hydrogen-bond acceptors (Lipinski definition) is 5. The minimum absolute atomic E-state index is 0.0995. The van der Waals surface area contributed by atoms with Crippen LogP contribution in [0.25, 0.3) is 0 Å².